The second-order valence-electron chi connectivity index (χ2n) is 6.39. The van der Waals surface area contributed by atoms with Crippen molar-refractivity contribution in [2.24, 2.45) is 0 Å². The average molecular weight is 351 g/mol. The molecule has 3 aromatic rings. The van der Waals surface area contributed by atoms with Crippen molar-refractivity contribution in [2.75, 3.05) is 18.5 Å². The van der Waals surface area contributed by atoms with E-state index in [4.69, 9.17) is 13.9 Å². The maximum atomic E-state index is 12.3. The number of ether oxygens (including phenoxy) is 2. The van der Waals surface area contributed by atoms with Gasteiger partial charge in [-0.05, 0) is 29.8 Å². The summed E-state index contributed by atoms with van der Waals surface area (Å²) >= 11 is 0. The lowest BCUT2D eigenvalue weighted by molar-refractivity contribution is -0.116. The molecular weight excluding hydrogens is 334 g/mol. The molecule has 1 amide bonds. The van der Waals surface area contributed by atoms with Gasteiger partial charge >= 0.3 is 0 Å². The van der Waals surface area contributed by atoms with E-state index in [2.05, 4.69) is 10.4 Å². The summed E-state index contributed by atoms with van der Waals surface area (Å²) in [5.74, 6) is 2.88. The van der Waals surface area contributed by atoms with Gasteiger partial charge in [-0.3, -0.25) is 4.79 Å². The first-order chi connectivity index (χ1) is 12.8. The van der Waals surface area contributed by atoms with Crippen LogP contribution in [0.4, 0.5) is 5.82 Å². The van der Waals surface area contributed by atoms with Crippen LogP contribution < -0.4 is 14.8 Å². The zero-order valence-electron chi connectivity index (χ0n) is 14.0. The molecule has 4 heterocycles. The highest BCUT2D eigenvalue weighted by atomic mass is 16.6. The number of nitrogens with zero attached hydrogens (tertiary/aromatic N) is 2. The first-order valence-electron chi connectivity index (χ1n) is 8.55. The topological polar surface area (TPSA) is 78.5 Å². The van der Waals surface area contributed by atoms with Gasteiger partial charge < -0.3 is 19.2 Å². The lowest BCUT2D eigenvalue weighted by Crippen LogP contribution is -2.25. The minimum Gasteiger partial charge on any atom is -0.486 e. The summed E-state index contributed by atoms with van der Waals surface area (Å²) < 4.78 is 18.4. The Morgan fingerprint density at radius 2 is 2.08 bits per heavy atom. The lowest BCUT2D eigenvalue weighted by Gasteiger charge is -2.25. The number of hydrogen-bond donors (Lipinski definition) is 1. The minimum atomic E-state index is -0.0695. The molecule has 7 heteroatoms. The zero-order valence-corrected chi connectivity index (χ0v) is 14.0. The van der Waals surface area contributed by atoms with Crippen molar-refractivity contribution < 1.29 is 18.7 Å². The predicted molar refractivity (Wildman–Crippen MR) is 92.6 cm³/mol. The molecule has 1 aromatic carbocycles. The third-order valence-electron chi connectivity index (χ3n) is 4.74. The van der Waals surface area contributed by atoms with Crippen molar-refractivity contribution in [3.63, 3.8) is 0 Å². The fraction of sp³-hybridized carbons (Fsp3) is 0.263. The summed E-state index contributed by atoms with van der Waals surface area (Å²) in [5, 5.41) is 7.40. The van der Waals surface area contributed by atoms with Crippen molar-refractivity contribution in [3.8, 4) is 11.5 Å². The molecule has 0 fully saturated rings. The van der Waals surface area contributed by atoms with Crippen LogP contribution in [0.5, 0.6) is 11.5 Å². The molecule has 0 saturated carbocycles. The molecule has 1 N–H and O–H groups in total. The maximum absolute atomic E-state index is 12.3. The number of hydrogen-bond acceptors (Lipinski definition) is 5. The van der Waals surface area contributed by atoms with Gasteiger partial charge in [-0.25, -0.2) is 4.68 Å². The molecule has 1 unspecified atom stereocenters. The standard InChI is InChI=1S/C19H17N3O4/c23-18-9-14(12-3-4-16-17(8-12)26-7-6-25-16)15-10-20-22(19(15)21-18)11-13-2-1-5-24-13/h1-5,8,10,14H,6-7,9,11H2,(H,21,23). The van der Waals surface area contributed by atoms with E-state index in [1.807, 2.05) is 36.5 Å². The number of fused-ring (bicyclic) bond motifs is 2. The Morgan fingerprint density at radius 3 is 2.92 bits per heavy atom. The smallest absolute Gasteiger partial charge is 0.226 e. The largest absolute Gasteiger partial charge is 0.486 e. The fourth-order valence-corrected chi connectivity index (χ4v) is 3.51. The molecule has 5 rings (SSSR count). The van der Waals surface area contributed by atoms with Gasteiger partial charge in [0.15, 0.2) is 11.5 Å². The molecule has 0 spiro atoms. The van der Waals surface area contributed by atoms with E-state index in [0.29, 0.717) is 26.2 Å². The van der Waals surface area contributed by atoms with Crippen molar-refractivity contribution in [2.45, 2.75) is 18.9 Å². The zero-order chi connectivity index (χ0) is 17.5. The molecule has 2 aromatic heterocycles. The number of anilines is 1. The summed E-state index contributed by atoms with van der Waals surface area (Å²) in [6, 6.07) is 9.58. The van der Waals surface area contributed by atoms with Crippen LogP contribution in [0.2, 0.25) is 0 Å². The van der Waals surface area contributed by atoms with E-state index >= 15 is 0 Å². The molecule has 0 radical (unpaired) electrons. The van der Waals surface area contributed by atoms with E-state index in [0.717, 1.165) is 34.2 Å². The lowest BCUT2D eigenvalue weighted by atomic mass is 9.87. The van der Waals surface area contributed by atoms with Crippen molar-refractivity contribution >= 4 is 11.7 Å². The molecule has 0 saturated heterocycles. The predicted octanol–water partition coefficient (Wildman–Crippen LogP) is 2.77. The second-order valence-corrected chi connectivity index (χ2v) is 6.39. The third kappa shape index (κ3) is 2.52. The van der Waals surface area contributed by atoms with E-state index in [9.17, 15) is 4.79 Å². The Hall–Kier alpha value is -3.22. The Bertz CT molecular complexity index is 961. The SMILES string of the molecule is O=C1CC(c2ccc3c(c2)OCCO3)c2cnn(Cc3ccco3)c2N1. The number of amides is 1. The number of nitrogens with one attached hydrogen (secondary N) is 1. The van der Waals surface area contributed by atoms with Crippen LogP contribution in [-0.2, 0) is 11.3 Å². The Labute approximate surface area is 149 Å². The number of rotatable bonds is 3. The molecule has 2 aliphatic rings. The van der Waals surface area contributed by atoms with Gasteiger partial charge in [0.05, 0.1) is 12.5 Å². The van der Waals surface area contributed by atoms with Crippen LogP contribution in [0.1, 0.15) is 29.2 Å². The monoisotopic (exact) mass is 351 g/mol. The maximum Gasteiger partial charge on any atom is 0.226 e. The Morgan fingerprint density at radius 1 is 1.19 bits per heavy atom. The average Bonchev–Trinajstić information content (AvgIpc) is 3.31. The molecule has 7 nitrogen and oxygen atoms in total. The third-order valence-corrected chi connectivity index (χ3v) is 4.74. The summed E-state index contributed by atoms with van der Waals surface area (Å²) in [6.07, 6.45) is 3.82. The van der Waals surface area contributed by atoms with Crippen LogP contribution in [0.3, 0.4) is 0 Å². The van der Waals surface area contributed by atoms with Gasteiger partial charge in [0.25, 0.3) is 0 Å². The van der Waals surface area contributed by atoms with Gasteiger partial charge in [-0.2, -0.15) is 5.10 Å². The van der Waals surface area contributed by atoms with Crippen LogP contribution in [-0.4, -0.2) is 28.9 Å². The van der Waals surface area contributed by atoms with Gasteiger partial charge in [0.2, 0.25) is 5.91 Å². The Balaban J connectivity index is 1.52. The molecule has 0 aliphatic carbocycles. The highest BCUT2D eigenvalue weighted by Gasteiger charge is 2.31. The normalized spacial score (nSPS) is 18.3. The van der Waals surface area contributed by atoms with Crippen molar-refractivity contribution in [1.82, 2.24) is 9.78 Å². The summed E-state index contributed by atoms with van der Waals surface area (Å²) in [6.45, 7) is 1.56. The van der Waals surface area contributed by atoms with Crippen LogP contribution >= 0.6 is 0 Å². The van der Waals surface area contributed by atoms with Gasteiger partial charge in [-0.15, -0.1) is 0 Å². The number of aromatic nitrogens is 2. The van der Waals surface area contributed by atoms with E-state index in [-0.39, 0.29) is 11.8 Å². The molecular formula is C19H17N3O4. The number of benzene rings is 1. The van der Waals surface area contributed by atoms with Crippen LogP contribution in [0.15, 0.2) is 47.2 Å². The molecule has 2 aliphatic heterocycles. The number of furan rings is 1. The molecule has 0 bridgehead atoms. The van der Waals surface area contributed by atoms with E-state index in [1.165, 1.54) is 0 Å². The fourth-order valence-electron chi connectivity index (χ4n) is 3.51. The number of carbonyl (C=O) groups excluding carboxylic acids is 1. The Kier molecular flexibility index (Phi) is 3.44. The highest BCUT2D eigenvalue weighted by Crippen LogP contribution is 2.40. The van der Waals surface area contributed by atoms with Gasteiger partial charge in [0, 0.05) is 17.9 Å². The minimum absolute atomic E-state index is 0.0291. The molecule has 1 atom stereocenters. The van der Waals surface area contributed by atoms with Crippen LogP contribution in [0.25, 0.3) is 0 Å². The van der Waals surface area contributed by atoms with E-state index in [1.54, 1.807) is 10.9 Å². The highest BCUT2D eigenvalue weighted by molar-refractivity contribution is 5.94. The number of carbonyl (C=O) groups is 1. The van der Waals surface area contributed by atoms with Gasteiger partial charge in [-0.1, -0.05) is 6.07 Å². The first-order valence-corrected chi connectivity index (χ1v) is 8.55. The molecule has 26 heavy (non-hydrogen) atoms. The van der Waals surface area contributed by atoms with Crippen LogP contribution in [0, 0.1) is 0 Å². The summed E-state index contributed by atoms with van der Waals surface area (Å²) in [7, 11) is 0. The summed E-state index contributed by atoms with van der Waals surface area (Å²) in [5.41, 5.74) is 2.01. The summed E-state index contributed by atoms with van der Waals surface area (Å²) in [4.78, 5) is 12.3. The van der Waals surface area contributed by atoms with Gasteiger partial charge in [0.1, 0.15) is 31.3 Å². The van der Waals surface area contributed by atoms with Crippen molar-refractivity contribution in [3.05, 3.63) is 59.7 Å². The molecule has 132 valence electrons. The quantitative estimate of drug-likeness (QED) is 0.785. The van der Waals surface area contributed by atoms with Crippen molar-refractivity contribution in [1.29, 1.82) is 0 Å². The first kappa shape index (κ1) is 15.1. The second kappa shape index (κ2) is 5.94. The van der Waals surface area contributed by atoms with E-state index < -0.39 is 0 Å².